The number of nitrogens with one attached hydrogen (secondary N) is 1. The molecule has 20 heavy (non-hydrogen) atoms. The zero-order valence-electron chi connectivity index (χ0n) is 10.8. The number of carbonyl (C=O) groups excluding carboxylic acids is 2. The number of ether oxygens (including phenoxy) is 1. The van der Waals surface area contributed by atoms with E-state index >= 15 is 0 Å². The Morgan fingerprint density at radius 2 is 2.20 bits per heavy atom. The Balaban J connectivity index is 2.80. The van der Waals surface area contributed by atoms with Gasteiger partial charge < -0.3 is 20.9 Å². The predicted molar refractivity (Wildman–Crippen MR) is 68.1 cm³/mol. The maximum atomic E-state index is 12.0. The summed E-state index contributed by atoms with van der Waals surface area (Å²) in [6, 6.07) is 0.203. The van der Waals surface area contributed by atoms with Gasteiger partial charge in [0.2, 0.25) is 5.91 Å². The lowest BCUT2D eigenvalue weighted by molar-refractivity contribution is -0.139. The van der Waals surface area contributed by atoms with Crippen molar-refractivity contribution in [3.63, 3.8) is 0 Å². The summed E-state index contributed by atoms with van der Waals surface area (Å²) in [5.74, 6) is -2.27. The highest BCUT2D eigenvalue weighted by Crippen LogP contribution is 2.15. The molecule has 4 N–H and O–H groups in total. The number of nitrogens with two attached hydrogens (primary N) is 1. The van der Waals surface area contributed by atoms with Gasteiger partial charge in [-0.25, -0.2) is 4.79 Å². The first-order valence-electron chi connectivity index (χ1n) is 5.75. The molecule has 0 aliphatic heterocycles. The molecule has 1 aromatic heterocycles. The third kappa shape index (κ3) is 4.23. The fourth-order valence-electron chi connectivity index (χ4n) is 1.51. The molecule has 0 fully saturated rings. The van der Waals surface area contributed by atoms with Crippen molar-refractivity contribution in [1.82, 2.24) is 10.3 Å². The van der Waals surface area contributed by atoms with Crippen LogP contribution in [-0.4, -0.2) is 41.0 Å². The van der Waals surface area contributed by atoms with Crippen molar-refractivity contribution in [3.8, 4) is 5.75 Å². The van der Waals surface area contributed by atoms with Gasteiger partial charge in [0.15, 0.2) is 0 Å². The molecular formula is C12H15N3O5. The van der Waals surface area contributed by atoms with Crippen molar-refractivity contribution in [2.24, 2.45) is 5.73 Å². The summed E-state index contributed by atoms with van der Waals surface area (Å²) in [7, 11) is 1.37. The second-order valence-corrected chi connectivity index (χ2v) is 3.95. The molecule has 1 aromatic rings. The second-order valence-electron chi connectivity index (χ2n) is 3.95. The summed E-state index contributed by atoms with van der Waals surface area (Å²) < 4.78 is 4.96. The molecule has 8 heteroatoms. The first-order chi connectivity index (χ1) is 9.45. The average molecular weight is 281 g/mol. The zero-order chi connectivity index (χ0) is 15.1. The fourth-order valence-corrected chi connectivity index (χ4v) is 1.51. The number of hydrogen-bond donors (Lipinski definition) is 3. The molecule has 108 valence electrons. The fraction of sp³-hybridized carbons (Fsp3) is 0.333. The van der Waals surface area contributed by atoms with E-state index in [0.717, 1.165) is 0 Å². The Morgan fingerprint density at radius 1 is 1.50 bits per heavy atom. The van der Waals surface area contributed by atoms with Crippen molar-refractivity contribution >= 4 is 17.8 Å². The van der Waals surface area contributed by atoms with Crippen LogP contribution < -0.4 is 15.8 Å². The number of carbonyl (C=O) groups is 3. The quantitative estimate of drug-likeness (QED) is 0.619. The molecule has 2 amide bonds. The third-order valence-electron chi connectivity index (χ3n) is 2.53. The third-order valence-corrected chi connectivity index (χ3v) is 2.53. The number of rotatable bonds is 7. The van der Waals surface area contributed by atoms with Crippen molar-refractivity contribution in [2.45, 2.75) is 18.9 Å². The van der Waals surface area contributed by atoms with E-state index in [1.54, 1.807) is 0 Å². The highest BCUT2D eigenvalue weighted by molar-refractivity contribution is 5.98. The van der Waals surface area contributed by atoms with Gasteiger partial charge in [-0.05, 0) is 12.5 Å². The topological polar surface area (TPSA) is 132 Å². The number of carboxylic acid groups (broad SMARTS) is 1. The number of carboxylic acids is 1. The molecule has 8 nitrogen and oxygen atoms in total. The maximum Gasteiger partial charge on any atom is 0.326 e. The Morgan fingerprint density at radius 3 is 2.75 bits per heavy atom. The van der Waals surface area contributed by atoms with Crippen molar-refractivity contribution in [1.29, 1.82) is 0 Å². The Kier molecular flexibility index (Phi) is 5.45. The van der Waals surface area contributed by atoms with E-state index < -0.39 is 23.8 Å². The number of nitrogens with zero attached hydrogens (tertiary/aromatic N) is 1. The molecule has 0 aliphatic rings. The van der Waals surface area contributed by atoms with Crippen LogP contribution in [0.15, 0.2) is 18.5 Å². The molecule has 1 unspecified atom stereocenters. The van der Waals surface area contributed by atoms with Gasteiger partial charge in [0.05, 0.1) is 18.9 Å². The number of aliphatic carboxylic acids is 1. The summed E-state index contributed by atoms with van der Waals surface area (Å²) in [6.07, 6.45) is 2.51. The number of hydrogen-bond acceptors (Lipinski definition) is 5. The van der Waals surface area contributed by atoms with Crippen LogP contribution in [0.4, 0.5) is 0 Å². The van der Waals surface area contributed by atoms with Crippen LogP contribution in [0.1, 0.15) is 23.2 Å². The molecule has 1 atom stereocenters. The zero-order valence-corrected chi connectivity index (χ0v) is 10.8. The molecule has 0 aromatic carbocycles. The number of primary amides is 1. The van der Waals surface area contributed by atoms with Crippen LogP contribution in [0.3, 0.4) is 0 Å². The van der Waals surface area contributed by atoms with Gasteiger partial charge >= 0.3 is 5.97 Å². The standard InChI is InChI=1S/C12H15N3O5/c1-20-9-6-14-5-4-7(9)11(17)15-8(12(18)19)2-3-10(13)16/h4-6,8H,2-3H2,1H3,(H2,13,16)(H,15,17)(H,18,19). The number of amides is 2. The largest absolute Gasteiger partial charge is 0.494 e. The van der Waals surface area contributed by atoms with Gasteiger partial charge in [-0.2, -0.15) is 0 Å². The minimum atomic E-state index is -1.24. The van der Waals surface area contributed by atoms with Crippen LogP contribution >= 0.6 is 0 Å². The van der Waals surface area contributed by atoms with E-state index in [2.05, 4.69) is 10.3 Å². The average Bonchev–Trinajstić information content (AvgIpc) is 2.42. The summed E-state index contributed by atoms with van der Waals surface area (Å²) >= 11 is 0. The minimum Gasteiger partial charge on any atom is -0.494 e. The lowest BCUT2D eigenvalue weighted by Crippen LogP contribution is -2.41. The normalized spacial score (nSPS) is 11.4. The molecule has 0 saturated heterocycles. The molecule has 1 rings (SSSR count). The van der Waals surface area contributed by atoms with E-state index in [4.69, 9.17) is 15.6 Å². The number of aromatic nitrogens is 1. The van der Waals surface area contributed by atoms with Gasteiger partial charge in [-0.1, -0.05) is 0 Å². The van der Waals surface area contributed by atoms with Gasteiger partial charge in [-0.3, -0.25) is 14.6 Å². The smallest absolute Gasteiger partial charge is 0.326 e. The van der Waals surface area contributed by atoms with E-state index in [0.29, 0.717) is 0 Å². The minimum absolute atomic E-state index is 0.0796. The van der Waals surface area contributed by atoms with Gasteiger partial charge in [0.25, 0.3) is 5.91 Å². The Bertz CT molecular complexity index is 518. The molecule has 0 spiro atoms. The van der Waals surface area contributed by atoms with Crippen LogP contribution in [-0.2, 0) is 9.59 Å². The van der Waals surface area contributed by atoms with Crippen molar-refractivity contribution in [3.05, 3.63) is 24.0 Å². The highest BCUT2D eigenvalue weighted by Gasteiger charge is 2.22. The van der Waals surface area contributed by atoms with E-state index in [1.165, 1.54) is 25.6 Å². The van der Waals surface area contributed by atoms with Crippen LogP contribution in [0.2, 0.25) is 0 Å². The van der Waals surface area contributed by atoms with E-state index in [9.17, 15) is 14.4 Å². The second kappa shape index (κ2) is 7.07. The molecular weight excluding hydrogens is 266 g/mol. The van der Waals surface area contributed by atoms with Gasteiger partial charge in [0, 0.05) is 12.6 Å². The SMILES string of the molecule is COc1cnccc1C(=O)NC(CCC(N)=O)C(=O)O. The highest BCUT2D eigenvalue weighted by atomic mass is 16.5. The van der Waals surface area contributed by atoms with Crippen LogP contribution in [0.25, 0.3) is 0 Å². The van der Waals surface area contributed by atoms with E-state index in [1.807, 2.05) is 0 Å². The maximum absolute atomic E-state index is 12.0. The Labute approximate surface area is 114 Å². The Hall–Kier alpha value is -2.64. The van der Waals surface area contributed by atoms with Crippen molar-refractivity contribution in [2.75, 3.05) is 7.11 Å². The summed E-state index contributed by atoms with van der Waals surface area (Å²) in [4.78, 5) is 37.5. The number of methoxy groups -OCH3 is 1. The molecule has 0 bridgehead atoms. The van der Waals surface area contributed by atoms with Crippen LogP contribution in [0.5, 0.6) is 5.75 Å². The summed E-state index contributed by atoms with van der Waals surface area (Å²) in [5.41, 5.74) is 5.12. The molecule has 0 radical (unpaired) electrons. The monoisotopic (exact) mass is 281 g/mol. The number of pyridine rings is 1. The van der Waals surface area contributed by atoms with Gasteiger partial charge in [0.1, 0.15) is 11.8 Å². The lowest BCUT2D eigenvalue weighted by atomic mass is 10.1. The molecule has 0 saturated carbocycles. The summed E-state index contributed by atoms with van der Waals surface area (Å²) in [6.45, 7) is 0. The van der Waals surface area contributed by atoms with Gasteiger partial charge in [-0.15, -0.1) is 0 Å². The summed E-state index contributed by atoms with van der Waals surface area (Å²) in [5, 5.41) is 11.3. The predicted octanol–water partition coefficient (Wildman–Crippen LogP) is -0.461. The molecule has 1 heterocycles. The molecule has 0 aliphatic carbocycles. The first kappa shape index (κ1) is 15.4. The first-order valence-corrected chi connectivity index (χ1v) is 5.75. The van der Waals surface area contributed by atoms with Crippen molar-refractivity contribution < 1.29 is 24.2 Å². The van der Waals surface area contributed by atoms with Crippen LogP contribution in [0, 0.1) is 0 Å². The van der Waals surface area contributed by atoms with E-state index in [-0.39, 0.29) is 24.2 Å². The lowest BCUT2D eigenvalue weighted by Gasteiger charge is -2.14.